The van der Waals surface area contributed by atoms with Gasteiger partial charge in [-0.2, -0.15) is 5.10 Å². The number of thioether (sulfide) groups is 1. The molecule has 0 amide bonds. The number of nitrogens with two attached hydrogens (primary N) is 1. The number of hydrogen-bond donors (Lipinski definition) is 1. The Morgan fingerprint density at radius 3 is 2.74 bits per heavy atom. The zero-order chi connectivity index (χ0) is 17.0. The van der Waals surface area contributed by atoms with E-state index in [1.54, 1.807) is 6.92 Å². The second kappa shape index (κ2) is 6.95. The lowest BCUT2D eigenvalue weighted by Gasteiger charge is -2.20. The van der Waals surface area contributed by atoms with Crippen molar-refractivity contribution in [1.82, 2.24) is 24.7 Å². The van der Waals surface area contributed by atoms with Crippen LogP contribution in [-0.2, 0) is 16.0 Å². The summed E-state index contributed by atoms with van der Waals surface area (Å²) < 4.78 is 6.75. The molecule has 0 saturated heterocycles. The predicted molar refractivity (Wildman–Crippen MR) is 87.0 cm³/mol. The molecule has 0 spiro atoms. The zero-order valence-electron chi connectivity index (χ0n) is 13.6. The zero-order valence-corrected chi connectivity index (χ0v) is 14.4. The first kappa shape index (κ1) is 17.2. The van der Waals surface area contributed by atoms with Crippen molar-refractivity contribution in [1.29, 1.82) is 0 Å². The van der Waals surface area contributed by atoms with E-state index < -0.39 is 5.97 Å². The fraction of sp³-hybridized carbons (Fsp3) is 0.500. The number of aromatic nitrogens is 5. The molecule has 0 atom stereocenters. The van der Waals surface area contributed by atoms with Crippen LogP contribution in [0.4, 0.5) is 5.82 Å². The van der Waals surface area contributed by atoms with Gasteiger partial charge in [-0.25, -0.2) is 24.4 Å². The molecule has 2 aromatic heterocycles. The Balaban J connectivity index is 2.09. The van der Waals surface area contributed by atoms with Gasteiger partial charge in [-0.15, -0.1) is 0 Å². The molecule has 0 bridgehead atoms. The minimum atomic E-state index is -0.519. The minimum Gasteiger partial charge on any atom is -0.462 e. The molecule has 124 valence electrons. The largest absolute Gasteiger partial charge is 0.462 e. The van der Waals surface area contributed by atoms with Crippen LogP contribution >= 0.6 is 11.8 Å². The van der Waals surface area contributed by atoms with Gasteiger partial charge in [0.1, 0.15) is 23.5 Å². The van der Waals surface area contributed by atoms with E-state index in [0.29, 0.717) is 10.9 Å². The van der Waals surface area contributed by atoms with Crippen molar-refractivity contribution >= 4 is 23.5 Å². The Morgan fingerprint density at radius 2 is 2.13 bits per heavy atom. The summed E-state index contributed by atoms with van der Waals surface area (Å²) in [4.78, 5) is 24.2. The molecule has 0 aromatic carbocycles. The summed E-state index contributed by atoms with van der Waals surface area (Å²) >= 11 is 1.38. The molecule has 2 N–H and O–H groups in total. The Morgan fingerprint density at radius 1 is 1.39 bits per heavy atom. The Labute approximate surface area is 138 Å². The van der Waals surface area contributed by atoms with Crippen LogP contribution in [-0.4, -0.2) is 37.3 Å². The van der Waals surface area contributed by atoms with Crippen LogP contribution in [0.15, 0.2) is 17.7 Å². The van der Waals surface area contributed by atoms with Crippen molar-refractivity contribution in [2.45, 2.75) is 44.1 Å². The van der Waals surface area contributed by atoms with E-state index in [1.807, 2.05) is 4.68 Å². The van der Waals surface area contributed by atoms with E-state index in [2.05, 4.69) is 40.8 Å². The van der Waals surface area contributed by atoms with Gasteiger partial charge in [0.15, 0.2) is 5.16 Å². The molecule has 0 radical (unpaired) electrons. The van der Waals surface area contributed by atoms with Gasteiger partial charge in [0, 0.05) is 6.20 Å². The van der Waals surface area contributed by atoms with Crippen LogP contribution < -0.4 is 5.73 Å². The predicted octanol–water partition coefficient (Wildman–Crippen LogP) is 1.87. The molecule has 2 rings (SSSR count). The average molecular weight is 336 g/mol. The third kappa shape index (κ3) is 4.19. The molecule has 8 nitrogen and oxygen atoms in total. The number of carbonyl (C=O) groups is 1. The molecule has 9 heteroatoms. The summed E-state index contributed by atoms with van der Waals surface area (Å²) in [5.41, 5.74) is 5.82. The van der Waals surface area contributed by atoms with E-state index in [9.17, 15) is 4.79 Å². The SMILES string of the molecule is CCOC(=O)c1cnc(SCc2ncnn2C(C)(C)C)nc1N. The Hall–Kier alpha value is -2.16. The number of esters is 1. The number of nitrogen functional groups attached to an aromatic ring is 1. The third-order valence-corrected chi connectivity index (χ3v) is 3.73. The molecule has 23 heavy (non-hydrogen) atoms. The normalized spacial score (nSPS) is 11.5. The molecule has 0 aliphatic rings. The van der Waals surface area contributed by atoms with Crippen molar-refractivity contribution in [3.05, 3.63) is 23.9 Å². The first-order valence-corrected chi connectivity index (χ1v) is 8.13. The van der Waals surface area contributed by atoms with E-state index in [4.69, 9.17) is 10.5 Å². The molecule has 0 aliphatic carbocycles. The second-order valence-corrected chi connectivity index (χ2v) is 6.66. The van der Waals surface area contributed by atoms with Crippen molar-refractivity contribution in [3.8, 4) is 0 Å². The molecule has 0 aliphatic heterocycles. The Kier molecular flexibility index (Phi) is 5.19. The van der Waals surface area contributed by atoms with Crippen LogP contribution in [0.5, 0.6) is 0 Å². The van der Waals surface area contributed by atoms with Gasteiger partial charge in [-0.1, -0.05) is 11.8 Å². The molecule has 2 aromatic rings. The van der Waals surface area contributed by atoms with Gasteiger partial charge >= 0.3 is 5.97 Å². The summed E-state index contributed by atoms with van der Waals surface area (Å²) in [6.07, 6.45) is 2.91. The summed E-state index contributed by atoms with van der Waals surface area (Å²) in [6, 6.07) is 0. The average Bonchev–Trinajstić information content (AvgIpc) is 2.94. The van der Waals surface area contributed by atoms with E-state index in [-0.39, 0.29) is 23.5 Å². The van der Waals surface area contributed by atoms with E-state index >= 15 is 0 Å². The number of hydrogen-bond acceptors (Lipinski definition) is 8. The number of rotatable bonds is 5. The number of nitrogens with zero attached hydrogens (tertiary/aromatic N) is 5. The maximum atomic E-state index is 11.7. The Bertz CT molecular complexity index is 695. The third-order valence-electron chi connectivity index (χ3n) is 2.88. The van der Waals surface area contributed by atoms with Gasteiger partial charge in [0.05, 0.1) is 17.9 Å². The standard InChI is InChI=1S/C14H20N6O2S/c1-5-22-12(21)9-6-16-13(19-11(9)15)23-7-10-17-8-18-20(10)14(2,3)4/h6,8H,5,7H2,1-4H3,(H2,15,16,19). The molecular weight excluding hydrogens is 316 g/mol. The lowest BCUT2D eigenvalue weighted by Crippen LogP contribution is -2.25. The topological polar surface area (TPSA) is 109 Å². The van der Waals surface area contributed by atoms with Gasteiger partial charge < -0.3 is 10.5 Å². The number of anilines is 1. The quantitative estimate of drug-likeness (QED) is 0.501. The van der Waals surface area contributed by atoms with Gasteiger partial charge in [-0.05, 0) is 27.7 Å². The lowest BCUT2D eigenvalue weighted by molar-refractivity contribution is 0.0526. The van der Waals surface area contributed by atoms with E-state index in [0.717, 1.165) is 5.82 Å². The molecule has 0 unspecified atom stereocenters. The smallest absolute Gasteiger partial charge is 0.343 e. The highest BCUT2D eigenvalue weighted by atomic mass is 32.2. The molecule has 2 heterocycles. The summed E-state index contributed by atoms with van der Waals surface area (Å²) in [5.74, 6) is 0.960. The summed E-state index contributed by atoms with van der Waals surface area (Å²) in [7, 11) is 0. The summed E-state index contributed by atoms with van der Waals surface area (Å²) in [6.45, 7) is 8.16. The van der Waals surface area contributed by atoms with Crippen LogP contribution in [0.25, 0.3) is 0 Å². The lowest BCUT2D eigenvalue weighted by atomic mass is 10.1. The van der Waals surface area contributed by atoms with Gasteiger partial charge in [-0.3, -0.25) is 0 Å². The number of ether oxygens (including phenoxy) is 1. The van der Waals surface area contributed by atoms with Crippen molar-refractivity contribution in [2.75, 3.05) is 12.3 Å². The highest BCUT2D eigenvalue weighted by Crippen LogP contribution is 2.23. The molecule has 0 fully saturated rings. The van der Waals surface area contributed by atoms with Gasteiger partial charge in [0.2, 0.25) is 0 Å². The second-order valence-electron chi connectivity index (χ2n) is 5.72. The van der Waals surface area contributed by atoms with Crippen LogP contribution in [0.2, 0.25) is 0 Å². The van der Waals surface area contributed by atoms with Crippen LogP contribution in [0.1, 0.15) is 43.9 Å². The summed E-state index contributed by atoms with van der Waals surface area (Å²) in [5, 5.41) is 4.71. The number of carbonyl (C=O) groups excluding carboxylic acids is 1. The maximum absolute atomic E-state index is 11.7. The molecular formula is C14H20N6O2S. The van der Waals surface area contributed by atoms with Crippen LogP contribution in [0, 0.1) is 0 Å². The first-order valence-electron chi connectivity index (χ1n) is 7.14. The molecule has 0 saturated carbocycles. The monoisotopic (exact) mass is 336 g/mol. The van der Waals surface area contributed by atoms with Crippen molar-refractivity contribution < 1.29 is 9.53 Å². The van der Waals surface area contributed by atoms with Crippen molar-refractivity contribution in [3.63, 3.8) is 0 Å². The van der Waals surface area contributed by atoms with Crippen molar-refractivity contribution in [2.24, 2.45) is 0 Å². The van der Waals surface area contributed by atoms with Crippen LogP contribution in [0.3, 0.4) is 0 Å². The van der Waals surface area contributed by atoms with E-state index in [1.165, 1.54) is 24.3 Å². The maximum Gasteiger partial charge on any atom is 0.343 e. The fourth-order valence-corrected chi connectivity index (χ4v) is 2.61. The first-order chi connectivity index (χ1) is 10.8. The highest BCUT2D eigenvalue weighted by molar-refractivity contribution is 7.98. The van der Waals surface area contributed by atoms with Gasteiger partial charge in [0.25, 0.3) is 0 Å². The fourth-order valence-electron chi connectivity index (χ4n) is 1.87. The minimum absolute atomic E-state index is 0.109. The highest BCUT2D eigenvalue weighted by Gasteiger charge is 2.19.